The van der Waals surface area contributed by atoms with Crippen LogP contribution in [0.25, 0.3) is 0 Å². The van der Waals surface area contributed by atoms with Gasteiger partial charge in [0.15, 0.2) is 6.61 Å². The molecule has 0 aliphatic rings. The van der Waals surface area contributed by atoms with Crippen molar-refractivity contribution in [3.8, 4) is 5.75 Å². The van der Waals surface area contributed by atoms with Crippen molar-refractivity contribution >= 4 is 33.4 Å². The first-order valence-corrected chi connectivity index (χ1v) is 8.32. The number of carbonyl (C=O) groups excluding carboxylic acids is 2. The Balaban J connectivity index is 1.93. The van der Waals surface area contributed by atoms with Crippen LogP contribution in [0.3, 0.4) is 0 Å². The zero-order valence-corrected chi connectivity index (χ0v) is 15.2. The van der Waals surface area contributed by atoms with Gasteiger partial charge in [-0.3, -0.25) is 9.59 Å². The van der Waals surface area contributed by atoms with Crippen LogP contribution >= 0.6 is 15.9 Å². The van der Waals surface area contributed by atoms with Gasteiger partial charge >= 0.3 is 0 Å². The van der Waals surface area contributed by atoms with Gasteiger partial charge in [-0.15, -0.1) is 0 Å². The number of carbonyl (C=O) groups is 2. The Morgan fingerprint density at radius 1 is 1.17 bits per heavy atom. The fraction of sp³-hybridized carbons (Fsp3) is 0.222. The molecule has 2 amide bonds. The van der Waals surface area contributed by atoms with Crippen molar-refractivity contribution in [2.45, 2.75) is 6.92 Å². The lowest BCUT2D eigenvalue weighted by Crippen LogP contribution is -2.26. The van der Waals surface area contributed by atoms with Gasteiger partial charge in [-0.2, -0.15) is 0 Å². The zero-order valence-electron chi connectivity index (χ0n) is 13.6. The minimum absolute atomic E-state index is 0.0812. The van der Waals surface area contributed by atoms with Crippen molar-refractivity contribution in [3.63, 3.8) is 0 Å². The van der Waals surface area contributed by atoms with Crippen molar-refractivity contribution in [3.05, 3.63) is 58.6 Å². The molecule has 0 aliphatic heterocycles. The highest BCUT2D eigenvalue weighted by Gasteiger charge is 2.11. The second-order valence-corrected chi connectivity index (χ2v) is 6.11. The van der Waals surface area contributed by atoms with Crippen LogP contribution in [0, 0.1) is 0 Å². The van der Waals surface area contributed by atoms with E-state index in [9.17, 15) is 9.59 Å². The summed E-state index contributed by atoms with van der Waals surface area (Å²) < 4.78 is 6.42. The number of nitrogens with zero attached hydrogens (tertiary/aromatic N) is 1. The number of anilines is 1. The van der Waals surface area contributed by atoms with Crippen LogP contribution in [0.5, 0.6) is 5.75 Å². The molecular weight excluding hydrogens is 372 g/mol. The summed E-state index contributed by atoms with van der Waals surface area (Å²) in [6.07, 6.45) is 0. The summed E-state index contributed by atoms with van der Waals surface area (Å²) in [4.78, 5) is 25.7. The first-order chi connectivity index (χ1) is 11.5. The van der Waals surface area contributed by atoms with Gasteiger partial charge in [-0.1, -0.05) is 22.0 Å². The van der Waals surface area contributed by atoms with Crippen LogP contribution in [0.15, 0.2) is 53.0 Å². The number of rotatable bonds is 6. The first-order valence-electron chi connectivity index (χ1n) is 7.53. The Morgan fingerprint density at radius 3 is 2.54 bits per heavy atom. The zero-order chi connectivity index (χ0) is 17.5. The van der Waals surface area contributed by atoms with Gasteiger partial charge in [0.25, 0.3) is 11.8 Å². The van der Waals surface area contributed by atoms with Crippen LogP contribution < -0.4 is 10.1 Å². The molecule has 0 atom stereocenters. The summed E-state index contributed by atoms with van der Waals surface area (Å²) >= 11 is 3.34. The number of hydrogen-bond donors (Lipinski definition) is 1. The Morgan fingerprint density at radius 2 is 1.88 bits per heavy atom. The molecule has 0 saturated heterocycles. The van der Waals surface area contributed by atoms with Gasteiger partial charge in [0, 0.05) is 29.3 Å². The first kappa shape index (κ1) is 18.0. The number of ether oxygens (including phenoxy) is 1. The van der Waals surface area contributed by atoms with Crippen molar-refractivity contribution in [2.75, 3.05) is 25.5 Å². The van der Waals surface area contributed by atoms with E-state index in [0.717, 1.165) is 4.47 Å². The largest absolute Gasteiger partial charge is 0.484 e. The minimum Gasteiger partial charge on any atom is -0.484 e. The maximum absolute atomic E-state index is 12.1. The van der Waals surface area contributed by atoms with Gasteiger partial charge < -0.3 is 15.0 Å². The molecule has 24 heavy (non-hydrogen) atoms. The van der Waals surface area contributed by atoms with E-state index in [-0.39, 0.29) is 18.4 Å². The van der Waals surface area contributed by atoms with E-state index in [0.29, 0.717) is 23.5 Å². The minimum atomic E-state index is -0.264. The highest BCUT2D eigenvalue weighted by Crippen LogP contribution is 2.16. The topological polar surface area (TPSA) is 58.6 Å². The standard InChI is InChI=1S/C18H19BrN2O3/c1-3-21(2)18(23)13-5-4-6-16(11-13)24-12-17(22)20-15-9-7-14(19)8-10-15/h4-11H,3,12H2,1-2H3,(H,20,22). The Hall–Kier alpha value is -2.34. The number of halogens is 1. The molecule has 0 bridgehead atoms. The molecule has 2 aromatic rings. The Labute approximate surface area is 149 Å². The summed E-state index contributed by atoms with van der Waals surface area (Å²) in [6, 6.07) is 14.1. The SMILES string of the molecule is CCN(C)C(=O)c1cccc(OCC(=O)Nc2ccc(Br)cc2)c1. The molecule has 0 aliphatic carbocycles. The fourth-order valence-corrected chi connectivity index (χ4v) is 2.23. The third kappa shape index (κ3) is 5.09. The van der Waals surface area contributed by atoms with E-state index in [1.807, 2.05) is 19.1 Å². The van der Waals surface area contributed by atoms with E-state index in [1.165, 1.54) is 0 Å². The lowest BCUT2D eigenvalue weighted by Gasteiger charge is -2.15. The monoisotopic (exact) mass is 390 g/mol. The molecule has 0 saturated carbocycles. The molecule has 5 nitrogen and oxygen atoms in total. The highest BCUT2D eigenvalue weighted by atomic mass is 79.9. The van der Waals surface area contributed by atoms with Crippen molar-refractivity contribution < 1.29 is 14.3 Å². The Bertz CT molecular complexity index is 716. The molecule has 0 spiro atoms. The van der Waals surface area contributed by atoms with E-state index in [2.05, 4.69) is 21.2 Å². The summed E-state index contributed by atoms with van der Waals surface area (Å²) in [5, 5.41) is 2.74. The molecule has 1 N–H and O–H groups in total. The highest BCUT2D eigenvalue weighted by molar-refractivity contribution is 9.10. The molecule has 6 heteroatoms. The number of nitrogens with one attached hydrogen (secondary N) is 1. The third-order valence-corrected chi connectivity index (χ3v) is 3.93. The summed E-state index contributed by atoms with van der Waals surface area (Å²) in [5.41, 5.74) is 1.23. The number of amides is 2. The molecule has 2 aromatic carbocycles. The predicted octanol–water partition coefficient (Wildman–Crippen LogP) is 3.56. The van der Waals surface area contributed by atoms with E-state index >= 15 is 0 Å². The lowest BCUT2D eigenvalue weighted by molar-refractivity contribution is -0.118. The molecular formula is C18H19BrN2O3. The summed E-state index contributed by atoms with van der Waals surface area (Å²) in [6.45, 7) is 2.40. The fourth-order valence-electron chi connectivity index (χ4n) is 1.96. The average Bonchev–Trinajstić information content (AvgIpc) is 2.61. The van der Waals surface area contributed by atoms with Gasteiger partial charge in [0.1, 0.15) is 5.75 Å². The molecule has 0 radical (unpaired) electrons. The average molecular weight is 391 g/mol. The van der Waals surface area contributed by atoms with Crippen molar-refractivity contribution in [2.24, 2.45) is 0 Å². The van der Waals surface area contributed by atoms with Crippen LogP contribution in [-0.4, -0.2) is 36.9 Å². The normalized spacial score (nSPS) is 10.1. The molecule has 0 heterocycles. The predicted molar refractivity (Wildman–Crippen MR) is 97.3 cm³/mol. The molecule has 0 aromatic heterocycles. The second kappa shape index (κ2) is 8.49. The number of hydrogen-bond acceptors (Lipinski definition) is 3. The van der Waals surface area contributed by atoms with Gasteiger partial charge in [-0.25, -0.2) is 0 Å². The summed E-state index contributed by atoms with van der Waals surface area (Å²) in [5.74, 6) is 0.137. The molecule has 126 valence electrons. The van der Waals surface area contributed by atoms with Crippen LogP contribution in [0.4, 0.5) is 5.69 Å². The molecule has 0 fully saturated rings. The summed E-state index contributed by atoms with van der Waals surface area (Å²) in [7, 11) is 1.74. The van der Waals surface area contributed by atoms with E-state index in [4.69, 9.17) is 4.74 Å². The smallest absolute Gasteiger partial charge is 0.262 e. The molecule has 0 unspecified atom stereocenters. The maximum atomic E-state index is 12.1. The second-order valence-electron chi connectivity index (χ2n) is 5.19. The van der Waals surface area contributed by atoms with Crippen molar-refractivity contribution in [1.29, 1.82) is 0 Å². The molecule has 2 rings (SSSR count). The van der Waals surface area contributed by atoms with Crippen LogP contribution in [0.2, 0.25) is 0 Å². The van der Waals surface area contributed by atoms with Gasteiger partial charge in [-0.05, 0) is 49.4 Å². The lowest BCUT2D eigenvalue weighted by atomic mass is 10.2. The quantitative estimate of drug-likeness (QED) is 0.819. The number of benzene rings is 2. The third-order valence-electron chi connectivity index (χ3n) is 3.40. The van der Waals surface area contributed by atoms with Crippen LogP contribution in [0.1, 0.15) is 17.3 Å². The maximum Gasteiger partial charge on any atom is 0.262 e. The van der Waals surface area contributed by atoms with Crippen LogP contribution in [-0.2, 0) is 4.79 Å². The van der Waals surface area contributed by atoms with E-state index in [1.54, 1.807) is 48.3 Å². The van der Waals surface area contributed by atoms with E-state index < -0.39 is 0 Å². The Kier molecular flexibility index (Phi) is 6.37. The van der Waals surface area contributed by atoms with Crippen molar-refractivity contribution in [1.82, 2.24) is 4.90 Å². The van der Waals surface area contributed by atoms with Gasteiger partial charge in [0.05, 0.1) is 0 Å². The van der Waals surface area contributed by atoms with Gasteiger partial charge in [0.2, 0.25) is 0 Å².